The molecule has 1 aromatic carbocycles. The number of benzene rings is 1. The number of anilines is 3. The summed E-state index contributed by atoms with van der Waals surface area (Å²) in [6.07, 6.45) is 12.3. The van der Waals surface area contributed by atoms with Crippen molar-refractivity contribution in [1.29, 1.82) is 0 Å². The van der Waals surface area contributed by atoms with Gasteiger partial charge in [0.25, 0.3) is 0 Å². The molecule has 1 atom stereocenters. The monoisotopic (exact) mass is 540 g/mol. The summed E-state index contributed by atoms with van der Waals surface area (Å²) in [6.45, 7) is 7.31. The van der Waals surface area contributed by atoms with Gasteiger partial charge < -0.3 is 20.4 Å². The van der Waals surface area contributed by atoms with Gasteiger partial charge in [-0.05, 0) is 80.8 Å². The zero-order chi connectivity index (χ0) is 25.7. The maximum Gasteiger partial charge on any atom is 0.232 e. The maximum atomic E-state index is 6.38. The Kier molecular flexibility index (Phi) is 8.71. The Labute approximate surface area is 232 Å². The van der Waals surface area contributed by atoms with Gasteiger partial charge in [0.1, 0.15) is 11.6 Å². The van der Waals surface area contributed by atoms with Gasteiger partial charge in [0.05, 0.1) is 0 Å². The molecule has 3 aliphatic rings. The van der Waals surface area contributed by atoms with Crippen molar-refractivity contribution < 1.29 is 0 Å². The summed E-state index contributed by atoms with van der Waals surface area (Å²) < 4.78 is 0. The minimum atomic E-state index is 0.0422. The minimum Gasteiger partial charge on any atom is -0.361 e. The highest BCUT2D eigenvalue weighted by Gasteiger charge is 2.34. The normalized spacial score (nSPS) is 21.9. The Morgan fingerprint density at radius 1 is 0.973 bits per heavy atom. The zero-order valence-electron chi connectivity index (χ0n) is 22.1. The van der Waals surface area contributed by atoms with Crippen LogP contribution in [-0.4, -0.2) is 47.8 Å². The van der Waals surface area contributed by atoms with Crippen LogP contribution in [0.1, 0.15) is 76.7 Å². The molecule has 6 nitrogen and oxygen atoms in total. The summed E-state index contributed by atoms with van der Waals surface area (Å²) >= 11 is 12.2. The van der Waals surface area contributed by atoms with E-state index < -0.39 is 0 Å². The second kappa shape index (κ2) is 12.2. The van der Waals surface area contributed by atoms with E-state index in [-0.39, 0.29) is 5.41 Å². The second-order valence-corrected chi connectivity index (χ2v) is 12.2. The number of hydrogen-bond donors (Lipinski definition) is 2. The van der Waals surface area contributed by atoms with E-state index in [1.807, 2.05) is 6.07 Å². The molecule has 1 saturated carbocycles. The number of piperidine rings is 2. The molecule has 2 saturated heterocycles. The highest BCUT2D eigenvalue weighted by Crippen LogP contribution is 2.39. The summed E-state index contributed by atoms with van der Waals surface area (Å²) in [7, 11) is 0. The predicted octanol–water partition coefficient (Wildman–Crippen LogP) is 6.55. The fourth-order valence-corrected chi connectivity index (χ4v) is 6.69. The van der Waals surface area contributed by atoms with Crippen LogP contribution >= 0.6 is 23.8 Å². The molecule has 1 aromatic heterocycles. The number of rotatable bonds is 6. The average molecular weight is 541 g/mol. The number of nitrogens with one attached hydrogen (secondary N) is 2. The lowest BCUT2D eigenvalue weighted by Crippen LogP contribution is -2.43. The van der Waals surface area contributed by atoms with E-state index in [0.717, 1.165) is 62.2 Å². The molecule has 3 fully saturated rings. The number of thiocarbonyl (C=S) groups is 1. The van der Waals surface area contributed by atoms with Gasteiger partial charge in [-0.25, -0.2) is 0 Å². The molecule has 5 rings (SSSR count). The molecule has 2 N–H and O–H groups in total. The summed E-state index contributed by atoms with van der Waals surface area (Å²) in [4.78, 5) is 14.7. The van der Waals surface area contributed by atoms with Crippen LogP contribution in [0.2, 0.25) is 5.02 Å². The Morgan fingerprint density at radius 2 is 1.68 bits per heavy atom. The van der Waals surface area contributed by atoms with E-state index in [0.29, 0.717) is 17.0 Å². The smallest absolute Gasteiger partial charge is 0.232 e. The highest BCUT2D eigenvalue weighted by molar-refractivity contribution is 7.80. The number of halogens is 1. The van der Waals surface area contributed by atoms with E-state index in [9.17, 15) is 0 Å². The molecule has 3 heterocycles. The van der Waals surface area contributed by atoms with Gasteiger partial charge in [-0.2, -0.15) is 9.97 Å². The molecule has 0 bridgehead atoms. The third kappa shape index (κ3) is 6.66. The van der Waals surface area contributed by atoms with E-state index in [1.54, 1.807) is 0 Å². The van der Waals surface area contributed by atoms with Crippen LogP contribution in [0.3, 0.4) is 0 Å². The molecule has 2 aromatic rings. The molecule has 1 aliphatic carbocycles. The minimum absolute atomic E-state index is 0.0422. The first kappa shape index (κ1) is 26.5. The summed E-state index contributed by atoms with van der Waals surface area (Å²) in [5, 5.41) is 8.27. The van der Waals surface area contributed by atoms with Crippen molar-refractivity contribution >= 4 is 46.5 Å². The molecular weight excluding hydrogens is 500 g/mol. The topological polar surface area (TPSA) is 56.3 Å². The zero-order valence-corrected chi connectivity index (χ0v) is 23.7. The first-order chi connectivity index (χ1) is 18.0. The Balaban J connectivity index is 1.32. The average Bonchev–Trinajstić information content (AvgIpc) is 2.93. The SMILES string of the molecule is C[C@H]1CCCN(c2cc(N3CCCCC3)nc(NC(=S)NCC3(c4cccc(Cl)c4)CCCCC3)n2)C1. The van der Waals surface area contributed by atoms with Crippen LogP contribution in [0.25, 0.3) is 0 Å². The van der Waals surface area contributed by atoms with Gasteiger partial charge in [-0.15, -0.1) is 0 Å². The van der Waals surface area contributed by atoms with Gasteiger partial charge >= 0.3 is 0 Å². The Morgan fingerprint density at radius 3 is 2.41 bits per heavy atom. The van der Waals surface area contributed by atoms with Crippen molar-refractivity contribution in [1.82, 2.24) is 15.3 Å². The van der Waals surface area contributed by atoms with Gasteiger partial charge in [0, 0.05) is 49.2 Å². The fourth-order valence-electron chi connectivity index (χ4n) is 6.33. The third-order valence-electron chi connectivity index (χ3n) is 8.42. The van der Waals surface area contributed by atoms with Crippen molar-refractivity contribution in [3.8, 4) is 0 Å². The lowest BCUT2D eigenvalue weighted by molar-refractivity contribution is 0.292. The van der Waals surface area contributed by atoms with Crippen LogP contribution in [0.5, 0.6) is 0 Å². The van der Waals surface area contributed by atoms with E-state index in [4.69, 9.17) is 33.8 Å². The number of nitrogens with zero attached hydrogens (tertiary/aromatic N) is 4. The predicted molar refractivity (Wildman–Crippen MR) is 159 cm³/mol. The quantitative estimate of drug-likeness (QED) is 0.403. The third-order valence-corrected chi connectivity index (χ3v) is 8.90. The Bertz CT molecular complexity index is 1070. The van der Waals surface area contributed by atoms with Crippen molar-refractivity contribution in [2.24, 2.45) is 5.92 Å². The highest BCUT2D eigenvalue weighted by atomic mass is 35.5. The standard InChI is InChI=1S/C29H41ClN6S/c1-22-10-9-17-36(20-22)26-19-25(35-15-6-3-7-16-35)32-27(33-26)34-28(37)31-21-29(13-4-2-5-14-29)23-11-8-12-24(30)18-23/h8,11-12,18-19,22H,2-7,9-10,13-17,20-21H2,1H3,(H2,31,32,33,34,37)/t22-/m0/s1. The molecule has 8 heteroatoms. The van der Waals surface area contributed by atoms with Crippen LogP contribution in [0.15, 0.2) is 30.3 Å². The molecule has 2 aliphatic heterocycles. The summed E-state index contributed by atoms with van der Waals surface area (Å²) in [6, 6.07) is 10.5. The van der Waals surface area contributed by atoms with Crippen LogP contribution in [0.4, 0.5) is 17.6 Å². The summed E-state index contributed by atoms with van der Waals surface area (Å²) in [5.74, 6) is 3.29. The van der Waals surface area contributed by atoms with Crippen molar-refractivity contribution in [3.05, 3.63) is 40.9 Å². The second-order valence-electron chi connectivity index (χ2n) is 11.3. The lowest BCUT2D eigenvalue weighted by atomic mass is 9.69. The molecular formula is C29H41ClN6S. The first-order valence-corrected chi connectivity index (χ1v) is 15.0. The maximum absolute atomic E-state index is 6.38. The molecule has 0 amide bonds. The molecule has 37 heavy (non-hydrogen) atoms. The van der Waals surface area contributed by atoms with Gasteiger partial charge in [-0.3, -0.25) is 0 Å². The van der Waals surface area contributed by atoms with Crippen molar-refractivity contribution in [2.45, 2.75) is 76.5 Å². The molecule has 0 radical (unpaired) electrons. The van der Waals surface area contributed by atoms with Crippen LogP contribution in [-0.2, 0) is 5.41 Å². The van der Waals surface area contributed by atoms with E-state index >= 15 is 0 Å². The number of aromatic nitrogens is 2. The van der Waals surface area contributed by atoms with Crippen molar-refractivity contribution in [2.75, 3.05) is 47.8 Å². The molecule has 0 unspecified atom stereocenters. The largest absolute Gasteiger partial charge is 0.361 e. The molecule has 0 spiro atoms. The van der Waals surface area contributed by atoms with Crippen LogP contribution < -0.4 is 20.4 Å². The lowest BCUT2D eigenvalue weighted by Gasteiger charge is -2.38. The van der Waals surface area contributed by atoms with E-state index in [1.165, 1.54) is 56.9 Å². The molecule has 200 valence electrons. The van der Waals surface area contributed by atoms with Crippen LogP contribution in [0, 0.1) is 5.92 Å². The van der Waals surface area contributed by atoms with Crippen molar-refractivity contribution in [3.63, 3.8) is 0 Å². The van der Waals surface area contributed by atoms with Gasteiger partial charge in [0.15, 0.2) is 5.11 Å². The van der Waals surface area contributed by atoms with Gasteiger partial charge in [-0.1, -0.05) is 49.9 Å². The number of hydrogen-bond acceptors (Lipinski definition) is 5. The van der Waals surface area contributed by atoms with E-state index in [2.05, 4.69) is 51.6 Å². The summed E-state index contributed by atoms with van der Waals surface area (Å²) in [5.41, 5.74) is 1.35. The Hall–Kier alpha value is -2.12. The first-order valence-electron chi connectivity index (χ1n) is 14.2. The fraction of sp³-hybridized carbons (Fsp3) is 0.621. The van der Waals surface area contributed by atoms with Gasteiger partial charge in [0.2, 0.25) is 5.95 Å².